The van der Waals surface area contributed by atoms with Crippen LogP contribution in [0.4, 0.5) is 11.4 Å². The monoisotopic (exact) mass is 370 g/mol. The van der Waals surface area contributed by atoms with Crippen LogP contribution in [0.5, 0.6) is 11.5 Å². The molecule has 1 spiro atoms. The highest BCUT2D eigenvalue weighted by Crippen LogP contribution is 2.45. The molecule has 1 amide bonds. The Kier molecular flexibility index (Phi) is 4.44. The summed E-state index contributed by atoms with van der Waals surface area (Å²) in [7, 11) is 3.25. The van der Waals surface area contributed by atoms with Gasteiger partial charge in [-0.3, -0.25) is 9.69 Å². The van der Waals surface area contributed by atoms with Crippen molar-refractivity contribution in [2.24, 2.45) is 0 Å². The minimum Gasteiger partial charge on any atom is -0.497 e. The van der Waals surface area contributed by atoms with E-state index in [1.807, 2.05) is 59.1 Å². The number of hydrogen-bond donors (Lipinski definition) is 1. The summed E-state index contributed by atoms with van der Waals surface area (Å²) in [5.74, 6) is 3.37. The van der Waals surface area contributed by atoms with Crippen LogP contribution in [-0.4, -0.2) is 37.3 Å². The van der Waals surface area contributed by atoms with E-state index < -0.39 is 5.66 Å². The van der Waals surface area contributed by atoms with Gasteiger partial charge in [-0.15, -0.1) is 0 Å². The number of nitrogens with one attached hydrogen (secondary N) is 1. The molecule has 2 aliphatic heterocycles. The molecule has 0 aliphatic carbocycles. The quantitative estimate of drug-likeness (QED) is 0.885. The lowest BCUT2D eigenvalue weighted by Gasteiger charge is -2.50. The topological polar surface area (TPSA) is 50.8 Å². The first-order valence-corrected chi connectivity index (χ1v) is 9.85. The van der Waals surface area contributed by atoms with Crippen LogP contribution < -0.4 is 19.7 Å². The number of rotatable bonds is 3. The van der Waals surface area contributed by atoms with Crippen molar-refractivity contribution in [2.75, 3.05) is 35.9 Å². The molecule has 0 radical (unpaired) electrons. The number of anilines is 2. The molecule has 1 saturated heterocycles. The van der Waals surface area contributed by atoms with Gasteiger partial charge in [-0.25, -0.2) is 0 Å². The maximum Gasteiger partial charge on any atom is 0.262 e. The van der Waals surface area contributed by atoms with Crippen molar-refractivity contribution in [2.45, 2.75) is 18.5 Å². The first-order chi connectivity index (χ1) is 12.7. The van der Waals surface area contributed by atoms with Crippen molar-refractivity contribution >= 4 is 29.0 Å². The van der Waals surface area contributed by atoms with Gasteiger partial charge in [0.25, 0.3) is 5.91 Å². The molecule has 2 aromatic carbocycles. The fourth-order valence-corrected chi connectivity index (χ4v) is 4.94. The van der Waals surface area contributed by atoms with Gasteiger partial charge in [0.1, 0.15) is 17.2 Å². The summed E-state index contributed by atoms with van der Waals surface area (Å²) in [4.78, 5) is 15.4. The molecule has 5 nitrogen and oxygen atoms in total. The Labute approximate surface area is 157 Å². The third-order valence-electron chi connectivity index (χ3n) is 5.10. The highest BCUT2D eigenvalue weighted by atomic mass is 32.2. The maximum absolute atomic E-state index is 13.5. The third-order valence-corrected chi connectivity index (χ3v) is 6.09. The second kappa shape index (κ2) is 6.76. The molecule has 0 saturated carbocycles. The van der Waals surface area contributed by atoms with Crippen LogP contribution in [0.3, 0.4) is 0 Å². The molecule has 0 bridgehead atoms. The first-order valence-electron chi connectivity index (χ1n) is 8.70. The van der Waals surface area contributed by atoms with E-state index in [9.17, 15) is 4.79 Å². The summed E-state index contributed by atoms with van der Waals surface area (Å²) in [6.07, 6.45) is 1.76. The zero-order chi connectivity index (χ0) is 18.1. The van der Waals surface area contributed by atoms with E-state index in [0.717, 1.165) is 35.7 Å². The maximum atomic E-state index is 13.5. The fraction of sp³-hybridized carbons (Fsp3) is 0.350. The number of amides is 1. The van der Waals surface area contributed by atoms with E-state index >= 15 is 0 Å². The van der Waals surface area contributed by atoms with Crippen LogP contribution in [0, 0.1) is 0 Å². The van der Waals surface area contributed by atoms with Gasteiger partial charge >= 0.3 is 0 Å². The average Bonchev–Trinajstić information content (AvgIpc) is 2.69. The van der Waals surface area contributed by atoms with E-state index in [-0.39, 0.29) is 5.91 Å². The van der Waals surface area contributed by atoms with Gasteiger partial charge in [-0.05, 0) is 48.6 Å². The summed E-state index contributed by atoms with van der Waals surface area (Å²) in [6, 6.07) is 13.3. The number of hydrogen-bond acceptors (Lipinski definition) is 5. The van der Waals surface area contributed by atoms with Gasteiger partial charge in [-0.1, -0.05) is 12.1 Å². The molecule has 2 aliphatic rings. The van der Waals surface area contributed by atoms with Crippen LogP contribution in [0.25, 0.3) is 0 Å². The summed E-state index contributed by atoms with van der Waals surface area (Å²) in [5.41, 5.74) is 1.94. The Morgan fingerprint density at radius 1 is 1.08 bits per heavy atom. The number of methoxy groups -OCH3 is 2. The molecule has 1 fully saturated rings. The Hall–Kier alpha value is -2.34. The third kappa shape index (κ3) is 2.69. The Morgan fingerprint density at radius 2 is 1.85 bits per heavy atom. The molecule has 136 valence electrons. The predicted molar refractivity (Wildman–Crippen MR) is 106 cm³/mol. The molecular weight excluding hydrogens is 348 g/mol. The van der Waals surface area contributed by atoms with Gasteiger partial charge in [0.15, 0.2) is 0 Å². The number of nitrogens with zero attached hydrogens (tertiary/aromatic N) is 1. The number of carbonyl (C=O) groups excluding carboxylic acids is 1. The van der Waals surface area contributed by atoms with Gasteiger partial charge < -0.3 is 14.8 Å². The molecular formula is C20H22N2O3S. The van der Waals surface area contributed by atoms with E-state index in [1.54, 1.807) is 14.2 Å². The van der Waals surface area contributed by atoms with Crippen LogP contribution in [0.15, 0.2) is 42.5 Å². The largest absolute Gasteiger partial charge is 0.497 e. The van der Waals surface area contributed by atoms with Gasteiger partial charge in [0.2, 0.25) is 0 Å². The van der Waals surface area contributed by atoms with Gasteiger partial charge in [-0.2, -0.15) is 11.8 Å². The minimum absolute atomic E-state index is 0.00900. The number of carbonyl (C=O) groups is 1. The standard InChI is InChI=1S/C20H22N2O3S/c1-24-14-7-8-17(18(13-14)25-2)22-19(23)15-5-3-4-6-16(15)21-20(22)9-11-26-12-10-20/h3-8,13,21H,9-12H2,1-2H3. The van der Waals surface area contributed by atoms with Gasteiger partial charge in [0, 0.05) is 11.8 Å². The summed E-state index contributed by atoms with van der Waals surface area (Å²) in [6.45, 7) is 0. The Bertz CT molecular complexity index is 834. The fourth-order valence-electron chi connectivity index (χ4n) is 3.77. The summed E-state index contributed by atoms with van der Waals surface area (Å²) < 4.78 is 10.9. The average molecular weight is 370 g/mol. The SMILES string of the molecule is COc1ccc(N2C(=O)c3ccccc3NC23CCSCC3)c(OC)c1. The zero-order valence-corrected chi connectivity index (χ0v) is 15.8. The van der Waals surface area contributed by atoms with Crippen molar-refractivity contribution < 1.29 is 14.3 Å². The van der Waals surface area contributed by atoms with Crippen molar-refractivity contribution in [3.63, 3.8) is 0 Å². The molecule has 2 heterocycles. The van der Waals surface area contributed by atoms with Crippen molar-refractivity contribution in [3.05, 3.63) is 48.0 Å². The minimum atomic E-state index is -0.432. The molecule has 2 aromatic rings. The highest BCUT2D eigenvalue weighted by molar-refractivity contribution is 7.99. The smallest absolute Gasteiger partial charge is 0.262 e. The van der Waals surface area contributed by atoms with Crippen molar-refractivity contribution in [1.82, 2.24) is 0 Å². The van der Waals surface area contributed by atoms with Crippen LogP contribution in [0.1, 0.15) is 23.2 Å². The Morgan fingerprint density at radius 3 is 2.58 bits per heavy atom. The number of fused-ring (bicyclic) bond motifs is 1. The van der Waals surface area contributed by atoms with Crippen LogP contribution >= 0.6 is 11.8 Å². The van der Waals surface area contributed by atoms with E-state index in [0.29, 0.717) is 17.1 Å². The summed E-state index contributed by atoms with van der Waals surface area (Å²) >= 11 is 1.93. The van der Waals surface area contributed by atoms with E-state index in [4.69, 9.17) is 9.47 Å². The molecule has 4 rings (SSSR count). The lowest BCUT2D eigenvalue weighted by molar-refractivity contribution is 0.0948. The van der Waals surface area contributed by atoms with Crippen LogP contribution in [-0.2, 0) is 0 Å². The highest BCUT2D eigenvalue weighted by Gasteiger charge is 2.47. The lowest BCUT2D eigenvalue weighted by Crippen LogP contribution is -2.62. The van der Waals surface area contributed by atoms with Crippen molar-refractivity contribution in [3.8, 4) is 11.5 Å². The number of benzene rings is 2. The van der Waals surface area contributed by atoms with E-state index in [1.165, 1.54) is 0 Å². The number of ether oxygens (including phenoxy) is 2. The van der Waals surface area contributed by atoms with E-state index in [2.05, 4.69) is 5.32 Å². The molecule has 26 heavy (non-hydrogen) atoms. The zero-order valence-electron chi connectivity index (χ0n) is 15.0. The van der Waals surface area contributed by atoms with Crippen molar-refractivity contribution in [1.29, 1.82) is 0 Å². The van der Waals surface area contributed by atoms with Gasteiger partial charge in [0.05, 0.1) is 25.5 Å². The first kappa shape index (κ1) is 17.1. The molecule has 1 N–H and O–H groups in total. The second-order valence-electron chi connectivity index (χ2n) is 6.49. The molecule has 6 heteroatoms. The number of para-hydroxylation sites is 1. The second-order valence-corrected chi connectivity index (χ2v) is 7.72. The molecule has 0 unspecified atom stereocenters. The lowest BCUT2D eigenvalue weighted by atomic mass is 9.93. The molecule has 0 atom stereocenters. The molecule has 0 aromatic heterocycles. The Balaban J connectivity index is 1.88. The summed E-state index contributed by atoms with van der Waals surface area (Å²) in [5, 5.41) is 3.68. The number of thioether (sulfide) groups is 1. The normalized spacial score (nSPS) is 18.2. The van der Waals surface area contributed by atoms with Crippen LogP contribution in [0.2, 0.25) is 0 Å². The predicted octanol–water partition coefficient (Wildman–Crippen LogP) is 4.00.